The zero-order valence-electron chi connectivity index (χ0n) is 4.04. The van der Waals surface area contributed by atoms with E-state index in [9.17, 15) is 0 Å². The second kappa shape index (κ2) is 0.576. The Morgan fingerprint density at radius 2 is 2.00 bits per heavy atom. The van der Waals surface area contributed by atoms with Crippen molar-refractivity contribution in [2.75, 3.05) is 0 Å². The highest BCUT2D eigenvalue weighted by Gasteiger charge is 2.77. The normalized spacial score (nSPS) is 81.0. The van der Waals surface area contributed by atoms with Crippen LogP contribution < -0.4 is 0 Å². The van der Waals surface area contributed by atoms with Crippen LogP contribution in [0.5, 0.6) is 0 Å². The quantitative estimate of drug-likeness (QED) is 0.458. The zero-order valence-corrected chi connectivity index (χ0v) is 4.04. The summed E-state index contributed by atoms with van der Waals surface area (Å²) in [6.07, 6.45) is 1.51. The molecule has 1 nitrogen and oxygen atoms in total. The van der Waals surface area contributed by atoms with E-state index in [0.717, 1.165) is 23.7 Å². The number of hydrogen-bond acceptors (Lipinski definition) is 1. The third-order valence-electron chi connectivity index (χ3n) is 3.16. The fraction of sp³-hybridized carbons (Fsp3) is 1.00. The van der Waals surface area contributed by atoms with E-state index in [1.807, 2.05) is 0 Å². The van der Waals surface area contributed by atoms with Crippen molar-refractivity contribution in [2.24, 2.45) is 23.7 Å². The summed E-state index contributed by atoms with van der Waals surface area (Å²) < 4.78 is 0. The van der Waals surface area contributed by atoms with Crippen molar-refractivity contribution in [1.29, 1.82) is 0 Å². The molecule has 0 aromatic rings. The van der Waals surface area contributed by atoms with Crippen molar-refractivity contribution in [3.05, 3.63) is 0 Å². The molecule has 3 aliphatic rings. The summed E-state index contributed by atoms with van der Waals surface area (Å²) in [5.41, 5.74) is 0. The van der Waals surface area contributed by atoms with Crippen LogP contribution in [0.1, 0.15) is 6.42 Å². The van der Waals surface area contributed by atoms with Gasteiger partial charge in [0.1, 0.15) is 0 Å². The van der Waals surface area contributed by atoms with E-state index < -0.39 is 0 Å². The highest BCUT2D eigenvalue weighted by atomic mass is 16.3. The summed E-state index contributed by atoms with van der Waals surface area (Å²) in [6.45, 7) is 0. The molecule has 1 N–H and O–H groups in total. The minimum absolute atomic E-state index is 0.148. The first-order valence-corrected chi connectivity index (χ1v) is 3.07. The minimum Gasteiger partial charge on any atom is -0.393 e. The number of aliphatic hydroxyl groups excluding tert-OH is 1. The second-order valence-corrected chi connectivity index (χ2v) is 3.21. The van der Waals surface area contributed by atoms with E-state index in [0.29, 0.717) is 0 Å². The molecule has 0 amide bonds. The van der Waals surface area contributed by atoms with Gasteiger partial charge in [-0.05, 0) is 30.1 Å². The largest absolute Gasteiger partial charge is 0.393 e. The van der Waals surface area contributed by atoms with E-state index in [1.165, 1.54) is 6.42 Å². The molecular weight excluding hydrogens is 88.1 g/mol. The summed E-state index contributed by atoms with van der Waals surface area (Å²) in [4.78, 5) is 0. The molecule has 38 valence electrons. The number of fused-ring (bicyclic) bond motifs is 1. The van der Waals surface area contributed by atoms with Gasteiger partial charge in [-0.25, -0.2) is 0 Å². The van der Waals surface area contributed by atoms with Crippen molar-refractivity contribution < 1.29 is 5.11 Å². The molecule has 3 rings (SSSR count). The molecule has 3 fully saturated rings. The summed E-state index contributed by atoms with van der Waals surface area (Å²) in [6, 6.07) is 0. The molecule has 5 unspecified atom stereocenters. The Labute approximate surface area is 42.3 Å². The van der Waals surface area contributed by atoms with Crippen LogP contribution in [-0.4, -0.2) is 11.2 Å². The van der Waals surface area contributed by atoms with Gasteiger partial charge < -0.3 is 5.11 Å². The maximum atomic E-state index is 9.07. The predicted octanol–water partition coefficient (Wildman–Crippen LogP) is 0.243. The second-order valence-electron chi connectivity index (χ2n) is 3.21. The van der Waals surface area contributed by atoms with Gasteiger partial charge >= 0.3 is 0 Å². The van der Waals surface area contributed by atoms with Crippen LogP contribution in [0.2, 0.25) is 0 Å². The van der Waals surface area contributed by atoms with Crippen LogP contribution in [0.15, 0.2) is 0 Å². The third-order valence-corrected chi connectivity index (χ3v) is 3.16. The smallest absolute Gasteiger partial charge is 0.0605 e. The predicted molar refractivity (Wildman–Crippen MR) is 24.6 cm³/mol. The van der Waals surface area contributed by atoms with Gasteiger partial charge in [0.05, 0.1) is 6.10 Å². The molecule has 0 bridgehead atoms. The molecule has 3 aliphatic carbocycles. The van der Waals surface area contributed by atoms with Gasteiger partial charge in [0.25, 0.3) is 0 Å². The molecule has 7 heavy (non-hydrogen) atoms. The Morgan fingerprint density at radius 3 is 2.14 bits per heavy atom. The van der Waals surface area contributed by atoms with Crippen molar-refractivity contribution >= 4 is 0 Å². The van der Waals surface area contributed by atoms with Crippen LogP contribution in [-0.2, 0) is 0 Å². The zero-order chi connectivity index (χ0) is 4.59. The molecule has 0 aromatic heterocycles. The lowest BCUT2D eigenvalue weighted by Gasteiger charge is -2.32. The van der Waals surface area contributed by atoms with Gasteiger partial charge in [-0.15, -0.1) is 0 Å². The molecule has 0 saturated heterocycles. The summed E-state index contributed by atoms with van der Waals surface area (Å²) in [7, 11) is 0. The first-order valence-electron chi connectivity index (χ1n) is 3.07. The Morgan fingerprint density at radius 1 is 1.14 bits per heavy atom. The molecule has 0 radical (unpaired) electrons. The fourth-order valence-electron chi connectivity index (χ4n) is 2.61. The molecular formula is C6H8O. The molecule has 3 saturated carbocycles. The lowest BCUT2D eigenvalue weighted by atomic mass is 9.77. The Balaban J connectivity index is 2.08. The molecule has 0 heterocycles. The first kappa shape index (κ1) is 3.08. The number of aliphatic hydroxyl groups is 1. The topological polar surface area (TPSA) is 20.2 Å². The van der Waals surface area contributed by atoms with E-state index >= 15 is 0 Å². The standard InChI is InChI=1S/C6H8O/c7-6-3-1-2-4(3)5(2)6/h2-7H,1H2. The number of hydrogen-bond donors (Lipinski definition) is 1. The van der Waals surface area contributed by atoms with E-state index in [1.54, 1.807) is 0 Å². The van der Waals surface area contributed by atoms with Gasteiger partial charge in [0, 0.05) is 0 Å². The molecule has 5 atom stereocenters. The first-order chi connectivity index (χ1) is 3.39. The fourth-order valence-corrected chi connectivity index (χ4v) is 2.61. The summed E-state index contributed by atoms with van der Waals surface area (Å²) in [5, 5.41) is 9.07. The van der Waals surface area contributed by atoms with Crippen molar-refractivity contribution in [1.82, 2.24) is 0 Å². The van der Waals surface area contributed by atoms with Crippen LogP contribution in [0.25, 0.3) is 0 Å². The number of rotatable bonds is 0. The maximum Gasteiger partial charge on any atom is 0.0605 e. The Kier molecular flexibility index (Phi) is 0.253. The van der Waals surface area contributed by atoms with E-state index in [4.69, 9.17) is 5.11 Å². The molecule has 0 aromatic carbocycles. The minimum atomic E-state index is 0.148. The highest BCUT2D eigenvalue weighted by molar-refractivity contribution is 5.24. The van der Waals surface area contributed by atoms with Gasteiger partial charge in [0.2, 0.25) is 0 Å². The van der Waals surface area contributed by atoms with Crippen molar-refractivity contribution in [2.45, 2.75) is 12.5 Å². The van der Waals surface area contributed by atoms with Crippen LogP contribution in [0.3, 0.4) is 0 Å². The lowest BCUT2D eigenvalue weighted by molar-refractivity contribution is 0.00735. The Hall–Kier alpha value is -0.0400. The Bertz CT molecular complexity index is 121. The summed E-state index contributed by atoms with van der Waals surface area (Å²) in [5.74, 6) is 3.59. The van der Waals surface area contributed by atoms with Gasteiger partial charge in [0.15, 0.2) is 0 Å². The van der Waals surface area contributed by atoms with Crippen LogP contribution in [0, 0.1) is 23.7 Å². The van der Waals surface area contributed by atoms with Crippen LogP contribution in [0.4, 0.5) is 0 Å². The summed E-state index contributed by atoms with van der Waals surface area (Å²) >= 11 is 0. The maximum absolute atomic E-state index is 9.07. The molecule has 0 spiro atoms. The molecule has 0 aliphatic heterocycles. The van der Waals surface area contributed by atoms with Crippen LogP contribution >= 0.6 is 0 Å². The van der Waals surface area contributed by atoms with Gasteiger partial charge in [-0.2, -0.15) is 0 Å². The molecule has 1 heteroatoms. The van der Waals surface area contributed by atoms with Gasteiger partial charge in [-0.1, -0.05) is 0 Å². The van der Waals surface area contributed by atoms with E-state index in [-0.39, 0.29) is 6.10 Å². The highest BCUT2D eigenvalue weighted by Crippen LogP contribution is 2.77. The monoisotopic (exact) mass is 96.1 g/mol. The third kappa shape index (κ3) is 0.139. The average molecular weight is 96.1 g/mol. The van der Waals surface area contributed by atoms with Gasteiger partial charge in [-0.3, -0.25) is 0 Å². The van der Waals surface area contributed by atoms with E-state index in [2.05, 4.69) is 0 Å². The van der Waals surface area contributed by atoms with Crippen molar-refractivity contribution in [3.8, 4) is 0 Å². The average Bonchev–Trinajstić information content (AvgIpc) is 1.83. The lowest BCUT2D eigenvalue weighted by Crippen LogP contribution is -2.35. The van der Waals surface area contributed by atoms with Crippen molar-refractivity contribution in [3.63, 3.8) is 0 Å². The SMILES string of the molecule is OC1C2CC3C1C23.